The highest BCUT2D eigenvalue weighted by Gasteiger charge is 2.49. The summed E-state index contributed by atoms with van der Waals surface area (Å²) in [4.78, 5) is 13.4. The second-order valence-corrected chi connectivity index (χ2v) is 9.27. The van der Waals surface area contributed by atoms with Crippen molar-refractivity contribution in [2.45, 2.75) is 56.7 Å². The summed E-state index contributed by atoms with van der Waals surface area (Å²) in [5.74, 6) is -0.556. The molecule has 1 aromatic carbocycles. The van der Waals surface area contributed by atoms with Gasteiger partial charge in [-0.25, -0.2) is 4.79 Å². The van der Waals surface area contributed by atoms with E-state index in [-0.39, 0.29) is 12.0 Å². The molecule has 0 amide bonds. The number of quaternary nitrogens is 1. The van der Waals surface area contributed by atoms with E-state index in [2.05, 4.69) is 12.2 Å². The molecule has 4 rings (SSSR count). The molecule has 162 valence electrons. The minimum absolute atomic E-state index is 0.0796. The number of aromatic nitrogens is 1. The van der Waals surface area contributed by atoms with Crippen LogP contribution in [0.1, 0.15) is 49.8 Å². The molecule has 2 fully saturated rings. The predicted molar refractivity (Wildman–Crippen MR) is 112 cm³/mol. The number of aliphatic hydroxyl groups is 1. The summed E-state index contributed by atoms with van der Waals surface area (Å²) in [7, 11) is 2.21. The molecule has 2 heterocycles. The van der Waals surface area contributed by atoms with Gasteiger partial charge in [0.05, 0.1) is 25.8 Å². The van der Waals surface area contributed by atoms with Crippen LogP contribution in [-0.4, -0.2) is 53.5 Å². The van der Waals surface area contributed by atoms with Gasteiger partial charge in [-0.1, -0.05) is 48.3 Å². The molecule has 3 atom stereocenters. The van der Waals surface area contributed by atoms with Crippen LogP contribution in [0.2, 0.25) is 0 Å². The number of hydrogen-bond donors (Lipinski definition) is 1. The molecule has 1 saturated heterocycles. The minimum Gasteiger partial charge on any atom is -0.454 e. The Morgan fingerprint density at radius 2 is 1.97 bits per heavy atom. The second-order valence-electron chi connectivity index (χ2n) is 9.27. The van der Waals surface area contributed by atoms with Crippen LogP contribution >= 0.6 is 0 Å². The van der Waals surface area contributed by atoms with Crippen LogP contribution < -0.4 is 0 Å². The van der Waals surface area contributed by atoms with Crippen molar-refractivity contribution >= 4 is 5.97 Å². The van der Waals surface area contributed by atoms with Crippen molar-refractivity contribution in [3.05, 3.63) is 53.9 Å². The largest absolute Gasteiger partial charge is 0.454 e. The fraction of sp³-hybridized carbons (Fsp3) is 0.583. The predicted octanol–water partition coefficient (Wildman–Crippen LogP) is 3.45. The second kappa shape index (κ2) is 8.90. The molecule has 2 aliphatic rings. The molecular weight excluding hydrogens is 380 g/mol. The van der Waals surface area contributed by atoms with Crippen molar-refractivity contribution in [2.75, 3.05) is 26.7 Å². The Labute approximate surface area is 178 Å². The van der Waals surface area contributed by atoms with E-state index in [0.717, 1.165) is 74.8 Å². The summed E-state index contributed by atoms with van der Waals surface area (Å²) >= 11 is 0. The standard InChI is InChI=1S/C24H33N2O4/c1-26(16-13-21-14-17-29-25-21)15-7-12-22(18-26)30-23(27)24(28,20-10-5-6-11-20)19-8-3-2-4-9-19/h2-4,8-9,14,17,20,22,28H,5-7,10-13,15-16,18H2,1H3/q+1. The molecule has 1 N–H and O–H groups in total. The van der Waals surface area contributed by atoms with Crippen LogP contribution in [0.15, 0.2) is 47.2 Å². The van der Waals surface area contributed by atoms with Crippen molar-refractivity contribution < 1.29 is 23.6 Å². The van der Waals surface area contributed by atoms with E-state index in [0.29, 0.717) is 5.56 Å². The smallest absolute Gasteiger partial charge is 0.343 e. The Kier molecular flexibility index (Phi) is 6.25. The lowest BCUT2D eigenvalue weighted by Crippen LogP contribution is -2.56. The summed E-state index contributed by atoms with van der Waals surface area (Å²) in [6.07, 6.45) is 7.92. The first-order valence-corrected chi connectivity index (χ1v) is 11.2. The molecule has 30 heavy (non-hydrogen) atoms. The van der Waals surface area contributed by atoms with Crippen LogP contribution in [0.3, 0.4) is 0 Å². The van der Waals surface area contributed by atoms with Gasteiger partial charge < -0.3 is 18.8 Å². The lowest BCUT2D eigenvalue weighted by atomic mass is 9.80. The van der Waals surface area contributed by atoms with Gasteiger partial charge in [0, 0.05) is 24.8 Å². The minimum atomic E-state index is -1.56. The fourth-order valence-corrected chi connectivity index (χ4v) is 5.22. The molecule has 1 aliphatic heterocycles. The molecule has 2 aromatic rings. The lowest BCUT2D eigenvalue weighted by Gasteiger charge is -2.42. The monoisotopic (exact) mass is 413 g/mol. The molecule has 0 radical (unpaired) electrons. The Bertz CT molecular complexity index is 819. The zero-order valence-electron chi connectivity index (χ0n) is 17.8. The van der Waals surface area contributed by atoms with Gasteiger partial charge in [0.1, 0.15) is 12.8 Å². The van der Waals surface area contributed by atoms with E-state index in [4.69, 9.17) is 9.26 Å². The number of benzene rings is 1. The van der Waals surface area contributed by atoms with Gasteiger partial charge in [-0.3, -0.25) is 0 Å². The number of nitrogens with zero attached hydrogens (tertiary/aromatic N) is 2. The normalized spacial score (nSPS) is 26.9. The van der Waals surface area contributed by atoms with Crippen LogP contribution in [0.4, 0.5) is 0 Å². The van der Waals surface area contributed by atoms with Gasteiger partial charge in [-0.05, 0) is 24.8 Å². The topological polar surface area (TPSA) is 72.6 Å². The highest BCUT2D eigenvalue weighted by atomic mass is 16.6. The van der Waals surface area contributed by atoms with Crippen molar-refractivity contribution in [1.82, 2.24) is 5.16 Å². The third-order valence-corrected chi connectivity index (χ3v) is 7.01. The average Bonchev–Trinajstić information content (AvgIpc) is 3.47. The number of likely N-dealkylation sites (tertiary alicyclic amines) is 1. The van der Waals surface area contributed by atoms with Crippen LogP contribution in [-0.2, 0) is 21.6 Å². The number of ether oxygens (including phenoxy) is 1. The molecule has 6 nitrogen and oxygen atoms in total. The Morgan fingerprint density at radius 3 is 2.67 bits per heavy atom. The molecule has 6 heteroatoms. The molecule has 1 aromatic heterocycles. The third kappa shape index (κ3) is 4.44. The summed E-state index contributed by atoms with van der Waals surface area (Å²) in [6, 6.07) is 11.2. The van der Waals surface area contributed by atoms with E-state index in [9.17, 15) is 9.90 Å². The SMILES string of the molecule is C[N+]1(CCc2ccon2)CCCC(OC(=O)C(O)(c2ccccc2)C2CCCC2)C1. The van der Waals surface area contributed by atoms with Gasteiger partial charge >= 0.3 is 5.97 Å². The summed E-state index contributed by atoms with van der Waals surface area (Å²) in [6.45, 7) is 2.74. The van der Waals surface area contributed by atoms with Gasteiger partial charge in [0.2, 0.25) is 0 Å². The first kappa shape index (κ1) is 21.1. The first-order chi connectivity index (χ1) is 14.5. The lowest BCUT2D eigenvalue weighted by molar-refractivity contribution is -0.916. The molecular formula is C24H33N2O4+. The van der Waals surface area contributed by atoms with E-state index < -0.39 is 11.6 Å². The molecule has 1 saturated carbocycles. The zero-order valence-corrected chi connectivity index (χ0v) is 17.8. The number of rotatable bonds is 7. The first-order valence-electron chi connectivity index (χ1n) is 11.2. The van der Waals surface area contributed by atoms with Gasteiger partial charge in [0.25, 0.3) is 0 Å². The van der Waals surface area contributed by atoms with E-state index >= 15 is 0 Å². The van der Waals surface area contributed by atoms with Gasteiger partial charge in [0.15, 0.2) is 11.7 Å². The summed E-state index contributed by atoms with van der Waals surface area (Å²) in [5, 5.41) is 15.6. The van der Waals surface area contributed by atoms with Crippen molar-refractivity contribution in [3.8, 4) is 0 Å². The zero-order chi connectivity index (χ0) is 21.0. The number of esters is 1. The van der Waals surface area contributed by atoms with Crippen molar-refractivity contribution in [3.63, 3.8) is 0 Å². The van der Waals surface area contributed by atoms with E-state index in [1.54, 1.807) is 6.26 Å². The molecule has 0 bridgehead atoms. The Hall–Kier alpha value is -2.18. The highest BCUT2D eigenvalue weighted by molar-refractivity contribution is 5.81. The van der Waals surface area contributed by atoms with Gasteiger partial charge in [-0.15, -0.1) is 0 Å². The molecule has 1 aliphatic carbocycles. The average molecular weight is 414 g/mol. The summed E-state index contributed by atoms with van der Waals surface area (Å²) in [5.41, 5.74) is 0.0495. The number of hydrogen-bond acceptors (Lipinski definition) is 5. The Balaban J connectivity index is 1.45. The highest BCUT2D eigenvalue weighted by Crippen LogP contribution is 2.42. The van der Waals surface area contributed by atoms with E-state index in [1.165, 1.54) is 0 Å². The number of carbonyl (C=O) groups is 1. The number of carbonyl (C=O) groups excluding carboxylic acids is 1. The van der Waals surface area contributed by atoms with Crippen LogP contribution in [0.25, 0.3) is 0 Å². The maximum absolute atomic E-state index is 13.4. The Morgan fingerprint density at radius 1 is 1.20 bits per heavy atom. The quantitative estimate of drug-likeness (QED) is 0.556. The maximum Gasteiger partial charge on any atom is 0.343 e. The van der Waals surface area contributed by atoms with Crippen molar-refractivity contribution in [2.24, 2.45) is 5.92 Å². The molecule has 3 unspecified atom stereocenters. The maximum atomic E-state index is 13.4. The van der Waals surface area contributed by atoms with Crippen LogP contribution in [0.5, 0.6) is 0 Å². The van der Waals surface area contributed by atoms with Gasteiger partial charge in [-0.2, -0.15) is 0 Å². The van der Waals surface area contributed by atoms with Crippen molar-refractivity contribution in [1.29, 1.82) is 0 Å². The van der Waals surface area contributed by atoms with E-state index in [1.807, 2.05) is 36.4 Å². The number of likely N-dealkylation sites (N-methyl/N-ethyl adjacent to an activating group) is 1. The third-order valence-electron chi connectivity index (χ3n) is 7.01. The number of piperidine rings is 1. The summed E-state index contributed by atoms with van der Waals surface area (Å²) < 4.78 is 11.8. The van der Waals surface area contributed by atoms with Crippen LogP contribution in [0, 0.1) is 5.92 Å². The fourth-order valence-electron chi connectivity index (χ4n) is 5.22. The molecule has 0 spiro atoms.